The zero-order valence-corrected chi connectivity index (χ0v) is 15.5. The standard InChI is InChI=1S/C20H17F6N3O/c21-13-6-11(30-4-3-17(23)24)7-14(22)18(13)19-12(20(25)26)8-29(19)10-1-2-15-16(5-10)28-9-27-15/h1-2,5-7,9,12,17,19-20H,3-4,8H2,(H,27,28)/t12-,19+/m0/s1. The van der Waals surface area contributed by atoms with Gasteiger partial charge in [-0.25, -0.2) is 31.3 Å². The molecule has 0 radical (unpaired) electrons. The molecule has 30 heavy (non-hydrogen) atoms. The number of halogens is 6. The number of hydrogen-bond donors (Lipinski definition) is 1. The Kier molecular flexibility index (Phi) is 5.48. The van der Waals surface area contributed by atoms with Gasteiger partial charge in [0.15, 0.2) is 0 Å². The summed E-state index contributed by atoms with van der Waals surface area (Å²) in [4.78, 5) is 8.48. The highest BCUT2D eigenvalue weighted by Crippen LogP contribution is 2.47. The van der Waals surface area contributed by atoms with Gasteiger partial charge in [-0.2, -0.15) is 0 Å². The third-order valence-corrected chi connectivity index (χ3v) is 5.16. The lowest BCUT2D eigenvalue weighted by Crippen LogP contribution is -2.53. The van der Waals surface area contributed by atoms with E-state index < -0.39 is 55.0 Å². The number of aromatic nitrogens is 2. The smallest absolute Gasteiger partial charge is 0.245 e. The molecule has 1 N–H and O–H groups in total. The van der Waals surface area contributed by atoms with Crippen LogP contribution in [0.1, 0.15) is 18.0 Å². The maximum absolute atomic E-state index is 14.7. The molecule has 0 bridgehead atoms. The Labute approximate surface area is 167 Å². The molecule has 2 aromatic carbocycles. The molecule has 0 aliphatic carbocycles. The van der Waals surface area contributed by atoms with Gasteiger partial charge in [-0.05, 0) is 18.2 Å². The van der Waals surface area contributed by atoms with Crippen molar-refractivity contribution in [1.82, 2.24) is 9.97 Å². The number of fused-ring (bicyclic) bond motifs is 1. The van der Waals surface area contributed by atoms with Gasteiger partial charge in [0.1, 0.15) is 17.4 Å². The molecule has 3 aromatic rings. The summed E-state index contributed by atoms with van der Waals surface area (Å²) in [6.45, 7) is -0.497. The number of nitrogens with one attached hydrogen (secondary N) is 1. The topological polar surface area (TPSA) is 41.1 Å². The minimum Gasteiger partial charge on any atom is -0.493 e. The first-order chi connectivity index (χ1) is 14.3. The lowest BCUT2D eigenvalue weighted by molar-refractivity contribution is 0.0311. The first kappa shape index (κ1) is 20.4. The fourth-order valence-electron chi connectivity index (χ4n) is 3.68. The van der Waals surface area contributed by atoms with Gasteiger partial charge in [-0.1, -0.05) is 0 Å². The zero-order chi connectivity index (χ0) is 21.4. The summed E-state index contributed by atoms with van der Waals surface area (Å²) >= 11 is 0. The lowest BCUT2D eigenvalue weighted by atomic mass is 9.82. The largest absolute Gasteiger partial charge is 0.493 e. The highest BCUT2D eigenvalue weighted by atomic mass is 19.3. The van der Waals surface area contributed by atoms with Crippen molar-refractivity contribution in [3.63, 3.8) is 0 Å². The molecule has 1 fully saturated rings. The van der Waals surface area contributed by atoms with E-state index >= 15 is 0 Å². The van der Waals surface area contributed by atoms with E-state index in [0.29, 0.717) is 16.7 Å². The zero-order valence-electron chi connectivity index (χ0n) is 15.5. The second kappa shape index (κ2) is 8.08. The molecule has 0 saturated carbocycles. The van der Waals surface area contributed by atoms with Gasteiger partial charge in [-0.15, -0.1) is 0 Å². The van der Waals surface area contributed by atoms with Crippen molar-refractivity contribution in [2.24, 2.45) is 5.92 Å². The van der Waals surface area contributed by atoms with E-state index in [1.54, 1.807) is 18.2 Å². The van der Waals surface area contributed by atoms with Gasteiger partial charge in [0.25, 0.3) is 0 Å². The SMILES string of the molecule is Fc1cc(OCCC(F)F)cc(F)c1[C@H]1[C@@H](C(F)F)CN1c1ccc2nc[nH]c2c1. The van der Waals surface area contributed by atoms with E-state index in [4.69, 9.17) is 4.74 Å². The lowest BCUT2D eigenvalue weighted by Gasteiger charge is -2.49. The minimum absolute atomic E-state index is 0.0759. The Morgan fingerprint density at radius 1 is 1.10 bits per heavy atom. The second-order valence-electron chi connectivity index (χ2n) is 7.03. The van der Waals surface area contributed by atoms with E-state index in [9.17, 15) is 26.3 Å². The number of hydrogen-bond acceptors (Lipinski definition) is 3. The van der Waals surface area contributed by atoms with Crippen molar-refractivity contribution >= 4 is 16.7 Å². The minimum atomic E-state index is -2.78. The summed E-state index contributed by atoms with van der Waals surface area (Å²) in [6, 6.07) is 5.45. The maximum atomic E-state index is 14.7. The van der Waals surface area contributed by atoms with Crippen LogP contribution in [-0.2, 0) is 0 Å². The molecular formula is C20H17F6N3O. The molecule has 4 nitrogen and oxygen atoms in total. The Hall–Kier alpha value is -2.91. The highest BCUT2D eigenvalue weighted by Gasteiger charge is 2.47. The van der Waals surface area contributed by atoms with Gasteiger partial charge < -0.3 is 14.6 Å². The molecule has 1 aliphatic heterocycles. The van der Waals surface area contributed by atoms with Crippen LogP contribution in [0.4, 0.5) is 32.0 Å². The van der Waals surface area contributed by atoms with Crippen LogP contribution in [-0.4, -0.2) is 36.0 Å². The van der Waals surface area contributed by atoms with Crippen LogP contribution >= 0.6 is 0 Å². The number of anilines is 1. The summed E-state index contributed by atoms with van der Waals surface area (Å²) < 4.78 is 85.9. The number of H-pyrrole nitrogens is 1. The van der Waals surface area contributed by atoms with Crippen molar-refractivity contribution in [3.05, 3.63) is 53.9 Å². The van der Waals surface area contributed by atoms with E-state index in [2.05, 4.69) is 9.97 Å². The van der Waals surface area contributed by atoms with Gasteiger partial charge >= 0.3 is 0 Å². The molecule has 0 spiro atoms. The maximum Gasteiger partial charge on any atom is 0.245 e. The van der Waals surface area contributed by atoms with Crippen LogP contribution in [0.5, 0.6) is 5.75 Å². The van der Waals surface area contributed by atoms with Gasteiger partial charge in [0, 0.05) is 36.3 Å². The number of nitrogens with zero attached hydrogens (tertiary/aromatic N) is 2. The van der Waals surface area contributed by atoms with Crippen LogP contribution in [0.25, 0.3) is 11.0 Å². The molecule has 160 valence electrons. The molecule has 2 atom stereocenters. The Balaban J connectivity index is 1.64. The van der Waals surface area contributed by atoms with Gasteiger partial charge in [0.2, 0.25) is 12.9 Å². The molecule has 0 unspecified atom stereocenters. The predicted molar refractivity (Wildman–Crippen MR) is 98.1 cm³/mol. The summed E-state index contributed by atoms with van der Waals surface area (Å²) in [5.74, 6) is -3.67. The molecule has 0 amide bonds. The fraction of sp³-hybridized carbons (Fsp3) is 0.350. The van der Waals surface area contributed by atoms with Crippen molar-refractivity contribution in [1.29, 1.82) is 0 Å². The van der Waals surface area contributed by atoms with E-state index in [0.717, 1.165) is 12.1 Å². The number of alkyl halides is 4. The van der Waals surface area contributed by atoms with Crippen molar-refractivity contribution in [2.75, 3.05) is 18.1 Å². The Morgan fingerprint density at radius 3 is 2.50 bits per heavy atom. The summed E-state index contributed by atoms with van der Waals surface area (Å²) in [6.07, 6.45) is -4.49. The normalized spacial score (nSPS) is 19.0. The molecule has 1 aliphatic rings. The third-order valence-electron chi connectivity index (χ3n) is 5.16. The van der Waals surface area contributed by atoms with Crippen molar-refractivity contribution < 1.29 is 31.1 Å². The van der Waals surface area contributed by atoms with Crippen molar-refractivity contribution in [2.45, 2.75) is 25.3 Å². The number of ether oxygens (including phenoxy) is 1. The highest BCUT2D eigenvalue weighted by molar-refractivity contribution is 5.79. The third kappa shape index (κ3) is 3.78. The van der Waals surface area contributed by atoms with Crippen LogP contribution in [0.3, 0.4) is 0 Å². The monoisotopic (exact) mass is 429 g/mol. The fourth-order valence-corrected chi connectivity index (χ4v) is 3.68. The quantitative estimate of drug-likeness (QED) is 0.517. The summed E-state index contributed by atoms with van der Waals surface area (Å²) in [5.41, 5.74) is 1.35. The van der Waals surface area contributed by atoms with Gasteiger partial charge in [0.05, 0.1) is 35.9 Å². The number of aromatic amines is 1. The molecule has 1 saturated heterocycles. The molecule has 10 heteroatoms. The summed E-state index contributed by atoms with van der Waals surface area (Å²) in [5, 5.41) is 0. The van der Waals surface area contributed by atoms with Crippen LogP contribution in [0.15, 0.2) is 36.7 Å². The van der Waals surface area contributed by atoms with Crippen LogP contribution in [0.2, 0.25) is 0 Å². The van der Waals surface area contributed by atoms with E-state index in [-0.39, 0.29) is 12.3 Å². The molecule has 2 heterocycles. The first-order valence-corrected chi connectivity index (χ1v) is 9.23. The molecular weight excluding hydrogens is 412 g/mol. The average molecular weight is 429 g/mol. The average Bonchev–Trinajstić information content (AvgIpc) is 3.11. The molecule has 1 aromatic heterocycles. The number of imidazole rings is 1. The second-order valence-corrected chi connectivity index (χ2v) is 7.03. The van der Waals surface area contributed by atoms with Crippen molar-refractivity contribution in [3.8, 4) is 5.75 Å². The Bertz CT molecular complexity index is 1020. The predicted octanol–water partition coefficient (Wildman–Crippen LogP) is 5.32. The summed E-state index contributed by atoms with van der Waals surface area (Å²) in [7, 11) is 0. The molecule has 4 rings (SSSR count). The van der Waals surface area contributed by atoms with Gasteiger partial charge in [-0.3, -0.25) is 0 Å². The van der Waals surface area contributed by atoms with Crippen LogP contribution in [0, 0.1) is 17.6 Å². The number of benzene rings is 2. The number of rotatable bonds is 7. The first-order valence-electron chi connectivity index (χ1n) is 9.23. The van der Waals surface area contributed by atoms with E-state index in [1.807, 2.05) is 0 Å². The van der Waals surface area contributed by atoms with E-state index in [1.165, 1.54) is 11.2 Å². The Morgan fingerprint density at radius 2 is 1.83 bits per heavy atom. The van der Waals surface area contributed by atoms with Crippen LogP contribution < -0.4 is 9.64 Å².